The molecule has 0 unspecified atom stereocenters. The van der Waals surface area contributed by atoms with Crippen molar-refractivity contribution in [2.45, 2.75) is 0 Å². The van der Waals surface area contributed by atoms with Crippen LogP contribution in [0.4, 0.5) is 10.1 Å². The van der Waals surface area contributed by atoms with Crippen LogP contribution in [0.15, 0.2) is 28.4 Å². The van der Waals surface area contributed by atoms with Crippen molar-refractivity contribution in [2.24, 2.45) is 10.2 Å². The van der Waals surface area contributed by atoms with Crippen molar-refractivity contribution in [3.8, 4) is 5.88 Å². The summed E-state index contributed by atoms with van der Waals surface area (Å²) >= 11 is 4.95. The van der Waals surface area contributed by atoms with Gasteiger partial charge in [0, 0.05) is 19.0 Å². The van der Waals surface area contributed by atoms with Gasteiger partial charge in [-0.15, -0.1) is 10.2 Å². The molecule has 8 heteroatoms. The summed E-state index contributed by atoms with van der Waals surface area (Å²) in [4.78, 5) is 2.62. The number of halogens is 1. The normalized spacial score (nSPS) is 11.3. The van der Waals surface area contributed by atoms with E-state index in [4.69, 9.17) is 17.0 Å². The van der Waals surface area contributed by atoms with Gasteiger partial charge in [0.2, 0.25) is 11.0 Å². The molecule has 0 bridgehead atoms. The van der Waals surface area contributed by atoms with Gasteiger partial charge in [0.05, 0.1) is 12.1 Å². The van der Waals surface area contributed by atoms with Gasteiger partial charge in [0.1, 0.15) is 5.82 Å². The van der Waals surface area contributed by atoms with E-state index in [0.717, 1.165) is 0 Å². The van der Waals surface area contributed by atoms with Crippen LogP contribution in [0.25, 0.3) is 10.9 Å². The number of ether oxygens (including phenoxy) is 1. The van der Waals surface area contributed by atoms with Gasteiger partial charge in [-0.05, 0) is 30.4 Å². The summed E-state index contributed by atoms with van der Waals surface area (Å²) in [5.41, 5.74) is 0.658. The largest absolute Gasteiger partial charge is 0.493 e. The monoisotopic (exact) mass is 296 g/mol. The molecule has 0 atom stereocenters. The molecule has 1 aromatic heterocycles. The Morgan fingerprint density at radius 2 is 2.35 bits per heavy atom. The molecule has 0 saturated carbocycles. The number of fused-ring (bicyclic) bond motifs is 1. The highest BCUT2D eigenvalue weighted by Gasteiger charge is 2.11. The zero-order valence-corrected chi connectivity index (χ0v) is 11.5. The quantitative estimate of drug-likeness (QED) is 0.460. The SMILES string of the molecule is COCCNC(=S)N=Nc1c(O)[nH]c2cc(F)ccc12. The Bertz CT molecular complexity index is 656. The van der Waals surface area contributed by atoms with Gasteiger partial charge < -0.3 is 20.1 Å². The zero-order chi connectivity index (χ0) is 14.5. The Labute approximate surface area is 119 Å². The fourth-order valence-corrected chi connectivity index (χ4v) is 1.78. The van der Waals surface area contributed by atoms with Crippen LogP contribution < -0.4 is 5.32 Å². The summed E-state index contributed by atoms with van der Waals surface area (Å²) in [6.07, 6.45) is 0. The molecule has 0 fully saturated rings. The number of H-pyrrole nitrogens is 1. The average Bonchev–Trinajstić information content (AvgIpc) is 2.71. The summed E-state index contributed by atoms with van der Waals surface area (Å²) in [5, 5.41) is 21.0. The molecule has 0 spiro atoms. The van der Waals surface area contributed by atoms with Gasteiger partial charge >= 0.3 is 0 Å². The van der Waals surface area contributed by atoms with Crippen molar-refractivity contribution in [2.75, 3.05) is 20.3 Å². The first-order valence-corrected chi connectivity index (χ1v) is 6.21. The molecule has 2 rings (SSSR count). The zero-order valence-electron chi connectivity index (χ0n) is 10.7. The number of rotatable bonds is 4. The molecule has 0 aliphatic rings. The number of hydrogen-bond acceptors (Lipinski definition) is 4. The molecule has 20 heavy (non-hydrogen) atoms. The van der Waals surface area contributed by atoms with E-state index in [0.29, 0.717) is 24.1 Å². The molecular formula is C12H13FN4O2S. The Kier molecular flexibility index (Phi) is 4.59. The summed E-state index contributed by atoms with van der Waals surface area (Å²) < 4.78 is 17.9. The van der Waals surface area contributed by atoms with Gasteiger partial charge in [0.15, 0.2) is 5.69 Å². The molecule has 0 radical (unpaired) electrons. The van der Waals surface area contributed by atoms with Crippen molar-refractivity contribution in [1.29, 1.82) is 0 Å². The summed E-state index contributed by atoms with van der Waals surface area (Å²) in [6, 6.07) is 4.06. The van der Waals surface area contributed by atoms with E-state index < -0.39 is 5.82 Å². The second-order valence-corrected chi connectivity index (χ2v) is 4.32. The molecule has 6 nitrogen and oxygen atoms in total. The summed E-state index contributed by atoms with van der Waals surface area (Å²) in [6.45, 7) is 1.01. The molecule has 1 aromatic carbocycles. The highest BCUT2D eigenvalue weighted by Crippen LogP contribution is 2.35. The minimum atomic E-state index is -0.404. The Morgan fingerprint density at radius 3 is 3.10 bits per heavy atom. The van der Waals surface area contributed by atoms with Crippen LogP contribution in [0.3, 0.4) is 0 Å². The number of hydrogen-bond donors (Lipinski definition) is 3. The third kappa shape index (κ3) is 3.28. The highest BCUT2D eigenvalue weighted by molar-refractivity contribution is 7.80. The van der Waals surface area contributed by atoms with Crippen LogP contribution in [-0.4, -0.2) is 35.5 Å². The maximum atomic E-state index is 13.1. The number of benzene rings is 1. The van der Waals surface area contributed by atoms with E-state index in [2.05, 4.69) is 20.5 Å². The first-order chi connectivity index (χ1) is 9.61. The molecule has 1 heterocycles. The highest BCUT2D eigenvalue weighted by atomic mass is 32.1. The average molecular weight is 296 g/mol. The fourth-order valence-electron chi connectivity index (χ4n) is 1.63. The lowest BCUT2D eigenvalue weighted by molar-refractivity contribution is 0.204. The second kappa shape index (κ2) is 6.40. The van der Waals surface area contributed by atoms with E-state index in [1.165, 1.54) is 18.2 Å². The van der Waals surface area contributed by atoms with Crippen LogP contribution in [-0.2, 0) is 4.74 Å². The minimum Gasteiger partial charge on any atom is -0.493 e. The third-order valence-electron chi connectivity index (χ3n) is 2.54. The molecule has 3 N–H and O–H groups in total. The van der Waals surface area contributed by atoms with Gasteiger partial charge in [0.25, 0.3) is 0 Å². The second-order valence-electron chi connectivity index (χ2n) is 3.94. The lowest BCUT2D eigenvalue weighted by Gasteiger charge is -2.00. The van der Waals surface area contributed by atoms with Crippen LogP contribution in [0.5, 0.6) is 5.88 Å². The first kappa shape index (κ1) is 14.4. The topological polar surface area (TPSA) is 82.0 Å². The number of nitrogens with one attached hydrogen (secondary N) is 2. The molecule has 0 amide bonds. The van der Waals surface area contributed by atoms with Gasteiger partial charge in [-0.3, -0.25) is 0 Å². The van der Waals surface area contributed by atoms with Gasteiger partial charge in [-0.25, -0.2) is 4.39 Å². The fraction of sp³-hybridized carbons (Fsp3) is 0.250. The van der Waals surface area contributed by atoms with Crippen LogP contribution in [0.1, 0.15) is 0 Å². The van der Waals surface area contributed by atoms with Crippen LogP contribution >= 0.6 is 12.2 Å². The number of nitrogens with zero attached hydrogens (tertiary/aromatic N) is 2. The standard InChI is InChI=1S/C12H13FN4O2S/c1-19-5-4-14-12(20)17-16-10-8-3-2-7(13)6-9(8)15-11(10)18/h2-3,6,15,18H,4-5H2,1H3,(H,14,20). The lowest BCUT2D eigenvalue weighted by atomic mass is 10.2. The Balaban J connectivity index is 2.17. The minimum absolute atomic E-state index is 0.179. The molecule has 2 aromatic rings. The molecule has 0 saturated heterocycles. The van der Waals surface area contributed by atoms with Gasteiger partial charge in [-0.2, -0.15) is 0 Å². The van der Waals surface area contributed by atoms with E-state index in [1.807, 2.05) is 0 Å². The first-order valence-electron chi connectivity index (χ1n) is 5.80. The number of aromatic hydroxyl groups is 1. The van der Waals surface area contributed by atoms with Crippen molar-refractivity contribution < 1.29 is 14.2 Å². The Morgan fingerprint density at radius 1 is 1.55 bits per heavy atom. The molecule has 106 valence electrons. The van der Waals surface area contributed by atoms with Crippen molar-refractivity contribution in [3.05, 3.63) is 24.0 Å². The number of aromatic amines is 1. The molecule has 0 aliphatic heterocycles. The predicted octanol–water partition coefficient (Wildman–Crippen LogP) is 2.62. The smallest absolute Gasteiger partial charge is 0.218 e. The number of azo groups is 1. The Hall–Kier alpha value is -2.06. The van der Waals surface area contributed by atoms with Crippen LogP contribution in [0.2, 0.25) is 0 Å². The molecular weight excluding hydrogens is 283 g/mol. The maximum Gasteiger partial charge on any atom is 0.218 e. The lowest BCUT2D eigenvalue weighted by Crippen LogP contribution is -2.23. The van der Waals surface area contributed by atoms with E-state index >= 15 is 0 Å². The predicted molar refractivity (Wildman–Crippen MR) is 76.9 cm³/mol. The number of thiocarbonyl (C=S) groups is 1. The number of methoxy groups -OCH3 is 1. The third-order valence-corrected chi connectivity index (χ3v) is 2.76. The summed E-state index contributed by atoms with van der Waals surface area (Å²) in [5.74, 6) is -0.590. The van der Waals surface area contributed by atoms with Crippen molar-refractivity contribution >= 4 is 33.9 Å². The summed E-state index contributed by atoms with van der Waals surface area (Å²) in [7, 11) is 1.58. The van der Waals surface area contributed by atoms with Crippen molar-refractivity contribution in [3.63, 3.8) is 0 Å². The van der Waals surface area contributed by atoms with Crippen LogP contribution in [0, 0.1) is 5.82 Å². The van der Waals surface area contributed by atoms with Gasteiger partial charge in [-0.1, -0.05) is 0 Å². The van der Waals surface area contributed by atoms with E-state index in [-0.39, 0.29) is 16.7 Å². The van der Waals surface area contributed by atoms with E-state index in [1.54, 1.807) is 7.11 Å². The number of aromatic nitrogens is 1. The van der Waals surface area contributed by atoms with Crippen molar-refractivity contribution in [1.82, 2.24) is 10.3 Å². The van der Waals surface area contributed by atoms with E-state index in [9.17, 15) is 9.50 Å². The molecule has 0 aliphatic carbocycles. The maximum absolute atomic E-state index is 13.1.